The summed E-state index contributed by atoms with van der Waals surface area (Å²) in [6.07, 6.45) is 21.8. The minimum Gasteiger partial charge on any atom is -0.115 e. The summed E-state index contributed by atoms with van der Waals surface area (Å²) in [5.74, 6) is 71.3. The molecule has 16 rings (SSSR count). The summed E-state index contributed by atoms with van der Waals surface area (Å²) in [5.41, 5.74) is 15.2. The highest BCUT2D eigenvalue weighted by atomic mass is 14.2. The maximum absolute atomic E-state index is 7.07. The number of fused-ring (bicyclic) bond motifs is 16. The van der Waals surface area contributed by atoms with Gasteiger partial charge >= 0.3 is 0 Å². The minimum atomic E-state index is 0.384. The van der Waals surface area contributed by atoms with Crippen molar-refractivity contribution in [3.8, 4) is 144 Å². The van der Waals surface area contributed by atoms with Gasteiger partial charge in [-0.3, -0.25) is 0 Å². The van der Waals surface area contributed by atoms with E-state index < -0.39 is 0 Å². The predicted molar refractivity (Wildman–Crippen MR) is 598 cm³/mol. The Hall–Kier alpha value is -20.2. The molecule has 0 saturated heterocycles. The van der Waals surface area contributed by atoms with Crippen LogP contribution in [0.2, 0.25) is 0 Å². The van der Waals surface area contributed by atoms with Crippen molar-refractivity contribution in [3.63, 3.8) is 0 Å². The number of hydrogen-bond donors (Lipinski definition) is 0. The summed E-state index contributed by atoms with van der Waals surface area (Å²) in [4.78, 5) is 0. The highest BCUT2D eigenvalue weighted by Gasteiger charge is 2.14. The van der Waals surface area contributed by atoms with E-state index in [0.29, 0.717) is 129 Å². The van der Waals surface area contributed by atoms with Gasteiger partial charge < -0.3 is 0 Å². The zero-order valence-electron chi connectivity index (χ0n) is 81.5. The molecule has 14 aromatic rings. The average molecular weight is 1810 g/mol. The standard InChI is InChI=1S/C143H88/c1-15-32-100(10)127-72-55-103(13)126(35-18-4)97-122-81-114-65-57-106-39-25-47-130(89-106)137(21-7)138(22-8)131-48-26-40-107(90-131)58-66-117-79-120-69-61-110-43-29-51-134(93-110)141(37-20-6)143(136-53-31-45-112(95-136)63-71-116(77-114)83-122)75-74-142-135-52-30-44-111(94-135)62-70-115-76-113(80-121(82-115)96-125(34-17-3)102(12)54-73-128(101(11)33-16-2)99-124(84-117)87-120)64-56-105-38-24-46-129(88-105)104(14)140(36-19-5)133-50-28-42-109(92-133)60-68-119-78-118(85-123(86-119)98-127)67-59-108-41-27-49-132(91-108)139(142)23-9/h7-9,24-31,38-53,76-95H,96-99H2,1-6,10-14H3/b125-102-,126-103-,127-100-,128-101-,138-137?,140-104?,142-139?,143-141?. The van der Waals surface area contributed by atoms with Gasteiger partial charge in [-0.1, -0.05) is 283 Å². The van der Waals surface area contributed by atoms with Crippen LogP contribution in [-0.4, -0.2) is 0 Å². The second kappa shape index (κ2) is 45.9. The van der Waals surface area contributed by atoms with Crippen LogP contribution in [0.15, 0.2) is 312 Å². The molecule has 14 aromatic carbocycles. The number of aryl methyl sites for hydroxylation is 1. The van der Waals surface area contributed by atoms with Gasteiger partial charge in [-0.25, -0.2) is 0 Å². The van der Waals surface area contributed by atoms with E-state index in [1.165, 1.54) is 0 Å². The van der Waals surface area contributed by atoms with Gasteiger partial charge in [-0.2, -0.15) is 0 Å². The smallest absolute Gasteiger partial charge is 0.0484 e. The zero-order chi connectivity index (χ0) is 99.5. The average Bonchev–Trinajstić information content (AvgIpc) is 0.797. The Morgan fingerprint density at radius 1 is 0.224 bits per heavy atom. The van der Waals surface area contributed by atoms with Crippen LogP contribution in [0.4, 0.5) is 0 Å². The molecule has 0 heterocycles. The van der Waals surface area contributed by atoms with Crippen molar-refractivity contribution in [2.75, 3.05) is 0 Å². The van der Waals surface area contributed by atoms with Crippen molar-refractivity contribution >= 4 is 129 Å². The van der Waals surface area contributed by atoms with Crippen molar-refractivity contribution in [1.29, 1.82) is 0 Å². The molecule has 0 atom stereocenters. The molecule has 0 nitrogen and oxygen atoms in total. The Morgan fingerprint density at radius 3 is 0.755 bits per heavy atom. The normalized spacial score (nSPS) is 12.6. The number of benzene rings is 12. The van der Waals surface area contributed by atoms with Crippen LogP contribution in [0.1, 0.15) is 136 Å². The summed E-state index contributed by atoms with van der Waals surface area (Å²) >= 11 is 0. The summed E-state index contributed by atoms with van der Waals surface area (Å²) in [6, 6.07) is 147. The van der Waals surface area contributed by atoms with E-state index in [0.717, 1.165) is 137 Å². The second-order valence-electron chi connectivity index (χ2n) is 34.1. The van der Waals surface area contributed by atoms with E-state index in [4.69, 9.17) is 19.3 Å². The van der Waals surface area contributed by atoms with Gasteiger partial charge in [0.15, 0.2) is 0 Å². The van der Waals surface area contributed by atoms with Crippen molar-refractivity contribution in [2.45, 2.75) is 102 Å². The molecule has 0 amide bonds. The monoisotopic (exact) mass is 1800 g/mol. The molecule has 0 saturated carbocycles. The molecule has 0 spiro atoms. The zero-order valence-corrected chi connectivity index (χ0v) is 81.5. The van der Waals surface area contributed by atoms with Crippen LogP contribution in [-0.2, 0) is 25.7 Å². The SMILES string of the molecule is C#Cc1c2c3cccc(c#cc4cc5cc(c#cc6cccc(c6)c(C)c(C#CC)c6cccc(c#cc7cc(cc(c#cc8cccc1c8)c7)C/C(=C(/C)C#CC)C#C/C(C)=C(/C#CC)Cc1cc7c#cc8cccc(c8)c(C#C)c(C#C)c8cccc(c#cc9cc(cc(c#cc%10cccc(c%10)c(C#CC)c(c%10cccc(c#cc(c1)c7)c%10)C#C2)c9)C/C(=C(/C)C#CC)C#C/C(C)=C(/C#CC)C5)c8)c6)c4)c3. The Bertz CT molecular complexity index is 9430. The first kappa shape index (κ1) is 95.9. The quantitative estimate of drug-likeness (QED) is 0.133. The van der Waals surface area contributed by atoms with Crippen molar-refractivity contribution in [1.82, 2.24) is 0 Å². The molecule has 0 radical (unpaired) electrons. The van der Waals surface area contributed by atoms with Gasteiger partial charge in [0.2, 0.25) is 0 Å². The van der Waals surface area contributed by atoms with Crippen molar-refractivity contribution in [2.24, 2.45) is 0 Å². The van der Waals surface area contributed by atoms with Crippen molar-refractivity contribution in [3.05, 3.63) is 475 Å². The molecule has 0 unspecified atom stereocenters. The molecular formula is C143H88. The lowest BCUT2D eigenvalue weighted by Crippen LogP contribution is -1.94. The third-order valence-electron chi connectivity index (χ3n) is 23.8. The van der Waals surface area contributed by atoms with Gasteiger partial charge in [0.1, 0.15) is 0 Å². The maximum Gasteiger partial charge on any atom is 0.0484 e. The van der Waals surface area contributed by atoms with Gasteiger partial charge in [-0.15, -0.1) is 54.8 Å². The molecular weight excluding hydrogens is 1720 g/mol. The minimum absolute atomic E-state index is 0.384. The van der Waals surface area contributed by atoms with E-state index >= 15 is 0 Å². The van der Waals surface area contributed by atoms with E-state index in [9.17, 15) is 0 Å². The van der Waals surface area contributed by atoms with Crippen LogP contribution >= 0.6 is 0 Å². The molecule has 30 bridgehead atoms. The van der Waals surface area contributed by atoms with Gasteiger partial charge in [0.05, 0.1) is 0 Å². The van der Waals surface area contributed by atoms with Crippen LogP contribution < -0.4 is 0 Å². The van der Waals surface area contributed by atoms with Crippen LogP contribution in [0.5, 0.6) is 0 Å². The number of hydrogen-bond acceptors (Lipinski definition) is 0. The van der Waals surface area contributed by atoms with Crippen LogP contribution in [0.3, 0.4) is 0 Å². The van der Waals surface area contributed by atoms with Gasteiger partial charge in [-0.05, 0) is 317 Å². The molecule has 660 valence electrons. The van der Waals surface area contributed by atoms with Crippen LogP contribution in [0.25, 0.3) is 129 Å². The Balaban J connectivity index is 1.12. The molecule has 0 fully saturated rings. The lowest BCUT2D eigenvalue weighted by atomic mass is 9.97. The molecule has 143 heavy (non-hydrogen) atoms. The summed E-state index contributed by atoms with van der Waals surface area (Å²) in [7, 11) is 0. The lowest BCUT2D eigenvalue weighted by Gasteiger charge is -2.06. The summed E-state index contributed by atoms with van der Waals surface area (Å²) in [5, 5.41) is 17.7. The third kappa shape index (κ3) is 24.5. The van der Waals surface area contributed by atoms with E-state index in [2.05, 4.69) is 313 Å². The third-order valence-corrected chi connectivity index (χ3v) is 23.8. The largest absolute Gasteiger partial charge is 0.115 e. The van der Waals surface area contributed by atoms with Gasteiger partial charge in [0, 0.05) is 195 Å². The number of terminal acetylenes is 3. The fourth-order valence-corrected chi connectivity index (χ4v) is 16.9. The lowest BCUT2D eigenvalue weighted by molar-refractivity contribution is 1.18. The molecule has 0 heteroatoms. The first-order valence-electron chi connectivity index (χ1n) is 46.7. The number of allylic oxidation sites excluding steroid dienone is 8. The summed E-state index contributed by atoms with van der Waals surface area (Å²) < 4.78 is 0. The first-order valence-corrected chi connectivity index (χ1v) is 46.7. The Labute approximate surface area is 843 Å². The van der Waals surface area contributed by atoms with Gasteiger partial charge in [0.25, 0.3) is 0 Å². The molecule has 0 N–H and O–H groups in total. The van der Waals surface area contributed by atoms with E-state index in [-0.39, 0.29) is 0 Å². The summed E-state index contributed by atoms with van der Waals surface area (Å²) in [6.45, 7) is 21.2. The van der Waals surface area contributed by atoms with E-state index in [1.54, 1.807) is 0 Å². The fourth-order valence-electron chi connectivity index (χ4n) is 16.9. The Morgan fingerprint density at radius 2 is 0.462 bits per heavy atom. The molecule has 2 aliphatic carbocycles. The number of rotatable bonds is 0. The van der Waals surface area contributed by atoms with Crippen molar-refractivity contribution < 1.29 is 0 Å². The highest BCUT2D eigenvalue weighted by Crippen LogP contribution is 2.30. The van der Waals surface area contributed by atoms with E-state index in [1.807, 2.05) is 251 Å². The Kier molecular flexibility index (Phi) is 30.8. The van der Waals surface area contributed by atoms with Crippen LogP contribution in [0, 0.1) is 248 Å². The molecule has 0 aliphatic heterocycles. The predicted octanol–water partition coefficient (Wildman–Crippen LogP) is 30.4. The molecule has 2 aliphatic rings. The molecule has 0 aromatic heterocycles. The first-order chi connectivity index (χ1) is 69.9. The fraction of sp³-hybridized carbons (Fsp3) is 0.105. The second-order valence-corrected chi connectivity index (χ2v) is 34.1. The topological polar surface area (TPSA) is 0 Å². The highest BCUT2D eigenvalue weighted by molar-refractivity contribution is 5.90. The maximum atomic E-state index is 7.07.